The molecule has 1 aliphatic rings. The standard InChI is InChI=1S/C28H26N4O6S/c1-14-6-7-16(10-15(14)2)31-26(34)24-23(18-9-8-17(36-3)11-20(18)37-4)19(13-29)25(30)32-27(35)21(39-28(24)32)12-22(33)38-5/h6-12,23H,30H2,1-5H3,(H,31,34). The number of carbonyl (C=O) groups is 2. The number of amides is 1. The van der Waals surface area contributed by atoms with Crippen LogP contribution in [0.3, 0.4) is 0 Å². The summed E-state index contributed by atoms with van der Waals surface area (Å²) in [7, 11) is 4.15. The Balaban J connectivity index is 2.08. The molecule has 1 aromatic heterocycles. The Morgan fingerprint density at radius 3 is 2.46 bits per heavy atom. The second-order valence-electron chi connectivity index (χ2n) is 8.70. The van der Waals surface area contributed by atoms with Crippen LogP contribution in [0.2, 0.25) is 0 Å². The van der Waals surface area contributed by atoms with E-state index in [1.807, 2.05) is 26.0 Å². The molecule has 1 aliphatic heterocycles. The van der Waals surface area contributed by atoms with E-state index in [-0.39, 0.29) is 26.2 Å². The average molecular weight is 547 g/mol. The lowest BCUT2D eigenvalue weighted by Gasteiger charge is -2.26. The summed E-state index contributed by atoms with van der Waals surface area (Å²) in [6.07, 6.45) is 1.03. The molecule has 4 rings (SSSR count). The third kappa shape index (κ3) is 4.89. The quantitative estimate of drug-likeness (QED) is 0.445. The number of anilines is 1. The van der Waals surface area contributed by atoms with Crippen molar-refractivity contribution in [3.63, 3.8) is 0 Å². The molecule has 0 radical (unpaired) electrons. The first-order valence-corrected chi connectivity index (χ1v) is 12.5. The number of aryl methyl sites for hydroxylation is 2. The minimum atomic E-state index is -0.994. The van der Waals surface area contributed by atoms with Gasteiger partial charge in [-0.15, -0.1) is 11.3 Å². The highest BCUT2D eigenvalue weighted by molar-refractivity contribution is 7.07. The molecule has 0 bridgehead atoms. The maximum absolute atomic E-state index is 14.0. The second-order valence-corrected chi connectivity index (χ2v) is 9.73. The SMILES string of the molecule is COC(=O)C=c1sc2n(c1=O)C(N)=C(C#N)C(c1ccc(OC)cc1OC)C=2C(=O)Nc1ccc(C)c(C)c1. The lowest BCUT2D eigenvalue weighted by molar-refractivity contribution is -0.133. The van der Waals surface area contributed by atoms with Gasteiger partial charge in [-0.2, -0.15) is 5.26 Å². The van der Waals surface area contributed by atoms with E-state index in [4.69, 9.17) is 15.2 Å². The van der Waals surface area contributed by atoms with E-state index < -0.39 is 23.4 Å². The Morgan fingerprint density at radius 2 is 1.85 bits per heavy atom. The number of fused-ring (bicyclic) bond motifs is 1. The molecule has 2 heterocycles. The molecule has 11 heteroatoms. The van der Waals surface area contributed by atoms with Crippen LogP contribution < -0.4 is 35.3 Å². The molecule has 2 aromatic carbocycles. The lowest BCUT2D eigenvalue weighted by atomic mass is 9.82. The van der Waals surface area contributed by atoms with Gasteiger partial charge in [-0.05, 0) is 43.2 Å². The molecule has 0 saturated carbocycles. The monoisotopic (exact) mass is 546 g/mol. The lowest BCUT2D eigenvalue weighted by Crippen LogP contribution is -2.41. The number of hydrogen-bond acceptors (Lipinski definition) is 9. The van der Waals surface area contributed by atoms with Gasteiger partial charge in [-0.25, -0.2) is 4.79 Å². The Morgan fingerprint density at radius 1 is 1.10 bits per heavy atom. The van der Waals surface area contributed by atoms with Crippen molar-refractivity contribution in [1.29, 1.82) is 5.26 Å². The van der Waals surface area contributed by atoms with Gasteiger partial charge in [0.25, 0.3) is 11.5 Å². The summed E-state index contributed by atoms with van der Waals surface area (Å²) in [6.45, 7) is 3.88. The number of allylic oxidation sites excluding steroid dienone is 1. The summed E-state index contributed by atoms with van der Waals surface area (Å²) in [5.74, 6) is -1.59. The molecular weight excluding hydrogens is 520 g/mol. The topological polar surface area (TPSA) is 146 Å². The van der Waals surface area contributed by atoms with Gasteiger partial charge in [0.2, 0.25) is 0 Å². The van der Waals surface area contributed by atoms with Crippen molar-refractivity contribution in [3.05, 3.63) is 78.2 Å². The third-order valence-corrected chi connectivity index (χ3v) is 7.59. The Labute approximate surface area is 227 Å². The number of hydrogen-bond donors (Lipinski definition) is 2. The maximum Gasteiger partial charge on any atom is 0.332 e. The van der Waals surface area contributed by atoms with Gasteiger partial charge in [0.05, 0.1) is 44.5 Å². The zero-order chi connectivity index (χ0) is 28.4. The highest BCUT2D eigenvalue weighted by Gasteiger charge is 2.37. The summed E-state index contributed by atoms with van der Waals surface area (Å²) in [6, 6.07) is 12.5. The minimum Gasteiger partial charge on any atom is -0.497 e. The Hall–Kier alpha value is -4.82. The van der Waals surface area contributed by atoms with E-state index in [1.54, 1.807) is 24.3 Å². The fourth-order valence-corrected chi connectivity index (χ4v) is 5.45. The van der Waals surface area contributed by atoms with Crippen molar-refractivity contribution in [1.82, 2.24) is 4.57 Å². The van der Waals surface area contributed by atoms with Crippen molar-refractivity contribution in [2.24, 2.45) is 5.73 Å². The van der Waals surface area contributed by atoms with Crippen LogP contribution in [0, 0.1) is 25.2 Å². The molecular formula is C28H26N4O6S. The van der Waals surface area contributed by atoms with E-state index in [9.17, 15) is 19.6 Å². The van der Waals surface area contributed by atoms with Crippen LogP contribution in [0.4, 0.5) is 5.69 Å². The number of methoxy groups -OCH3 is 3. The number of benzene rings is 2. The van der Waals surface area contributed by atoms with Gasteiger partial charge < -0.3 is 25.3 Å². The second kappa shape index (κ2) is 10.9. The predicted octanol–water partition coefficient (Wildman–Crippen LogP) is 1.74. The summed E-state index contributed by atoms with van der Waals surface area (Å²) >= 11 is 0.901. The largest absolute Gasteiger partial charge is 0.497 e. The molecule has 3 aromatic rings. The van der Waals surface area contributed by atoms with E-state index in [1.165, 1.54) is 21.3 Å². The number of ether oxygens (including phenoxy) is 3. The van der Waals surface area contributed by atoms with Crippen LogP contribution in [-0.4, -0.2) is 37.8 Å². The van der Waals surface area contributed by atoms with E-state index in [2.05, 4.69) is 16.1 Å². The highest BCUT2D eigenvalue weighted by atomic mass is 32.1. The Bertz CT molecular complexity index is 1760. The minimum absolute atomic E-state index is 0.00378. The number of aromatic nitrogens is 1. The first kappa shape index (κ1) is 27.2. The van der Waals surface area contributed by atoms with Crippen molar-refractivity contribution in [3.8, 4) is 17.6 Å². The van der Waals surface area contributed by atoms with E-state index in [0.717, 1.165) is 33.1 Å². The van der Waals surface area contributed by atoms with Gasteiger partial charge in [-0.3, -0.25) is 14.2 Å². The molecule has 0 aliphatic carbocycles. The van der Waals surface area contributed by atoms with Crippen molar-refractivity contribution in [2.45, 2.75) is 19.8 Å². The summed E-state index contributed by atoms with van der Waals surface area (Å²) in [4.78, 5) is 39.3. The van der Waals surface area contributed by atoms with Crippen LogP contribution in [0.5, 0.6) is 11.5 Å². The van der Waals surface area contributed by atoms with Crippen LogP contribution in [0.25, 0.3) is 17.5 Å². The van der Waals surface area contributed by atoms with Crippen molar-refractivity contribution in [2.75, 3.05) is 26.6 Å². The van der Waals surface area contributed by atoms with Crippen molar-refractivity contribution < 1.29 is 23.8 Å². The van der Waals surface area contributed by atoms with Crippen LogP contribution >= 0.6 is 11.3 Å². The molecule has 0 spiro atoms. The molecule has 10 nitrogen and oxygen atoms in total. The summed E-state index contributed by atoms with van der Waals surface area (Å²) in [5, 5.41) is 13.1. The zero-order valence-electron chi connectivity index (χ0n) is 21.9. The number of nitrogens with two attached hydrogens (primary N) is 1. The molecule has 1 amide bonds. The van der Waals surface area contributed by atoms with Crippen molar-refractivity contribution >= 4 is 46.4 Å². The number of nitrogens with zero attached hydrogens (tertiary/aromatic N) is 2. The average Bonchev–Trinajstić information content (AvgIpc) is 3.25. The summed E-state index contributed by atoms with van der Waals surface area (Å²) < 4.78 is 16.8. The van der Waals surface area contributed by atoms with Gasteiger partial charge in [0.15, 0.2) is 0 Å². The normalized spacial score (nSPS) is 14.9. The van der Waals surface area contributed by atoms with Gasteiger partial charge in [0, 0.05) is 23.4 Å². The molecule has 200 valence electrons. The highest BCUT2D eigenvalue weighted by Crippen LogP contribution is 2.42. The number of thiazole rings is 1. The van der Waals surface area contributed by atoms with E-state index in [0.29, 0.717) is 22.7 Å². The molecule has 3 N–H and O–H groups in total. The third-order valence-electron chi connectivity index (χ3n) is 6.48. The molecule has 0 saturated heterocycles. The van der Waals surface area contributed by atoms with Gasteiger partial charge >= 0.3 is 5.97 Å². The molecule has 39 heavy (non-hydrogen) atoms. The van der Waals surface area contributed by atoms with Crippen LogP contribution in [-0.2, 0) is 14.3 Å². The number of esters is 1. The number of rotatable bonds is 6. The predicted molar refractivity (Wildman–Crippen MR) is 148 cm³/mol. The fourth-order valence-electron chi connectivity index (χ4n) is 4.32. The maximum atomic E-state index is 14.0. The summed E-state index contributed by atoms with van der Waals surface area (Å²) in [5.41, 5.74) is 8.83. The smallest absolute Gasteiger partial charge is 0.332 e. The Kier molecular flexibility index (Phi) is 7.60. The van der Waals surface area contributed by atoms with Gasteiger partial charge in [-0.1, -0.05) is 12.1 Å². The first-order valence-electron chi connectivity index (χ1n) is 11.7. The number of nitriles is 1. The first-order chi connectivity index (χ1) is 18.6. The number of nitrogens with one attached hydrogen (secondary N) is 1. The number of carbonyl (C=O) groups excluding carboxylic acids is 2. The van der Waals surface area contributed by atoms with Gasteiger partial charge in [0.1, 0.15) is 26.5 Å². The zero-order valence-corrected chi connectivity index (χ0v) is 22.8. The molecule has 1 atom stereocenters. The molecule has 1 unspecified atom stereocenters. The van der Waals surface area contributed by atoms with E-state index >= 15 is 0 Å². The fraction of sp³-hybridized carbons (Fsp3) is 0.214. The van der Waals surface area contributed by atoms with Crippen LogP contribution in [0.15, 0.2) is 46.8 Å². The molecule has 0 fully saturated rings. The van der Waals surface area contributed by atoms with Crippen LogP contribution in [0.1, 0.15) is 22.6 Å².